The predicted molar refractivity (Wildman–Crippen MR) is 85.5 cm³/mol. The second-order valence-electron chi connectivity index (χ2n) is 5.97. The first-order valence-corrected chi connectivity index (χ1v) is 7.50. The Morgan fingerprint density at radius 1 is 1.10 bits per heavy atom. The van der Waals surface area contributed by atoms with Crippen molar-refractivity contribution in [3.63, 3.8) is 0 Å². The summed E-state index contributed by atoms with van der Waals surface area (Å²) >= 11 is 0. The van der Waals surface area contributed by atoms with Crippen molar-refractivity contribution in [2.24, 2.45) is 0 Å². The highest BCUT2D eigenvalue weighted by Crippen LogP contribution is 2.35. The fraction of sp³-hybridized carbons (Fsp3) is 0.316. The Kier molecular flexibility index (Phi) is 3.54. The highest BCUT2D eigenvalue weighted by molar-refractivity contribution is 5.94. The van der Waals surface area contributed by atoms with E-state index in [1.165, 1.54) is 22.3 Å². The van der Waals surface area contributed by atoms with Crippen LogP contribution in [0.2, 0.25) is 0 Å². The van der Waals surface area contributed by atoms with Crippen LogP contribution in [0.5, 0.6) is 0 Å². The lowest BCUT2D eigenvalue weighted by molar-refractivity contribution is 0.0730. The minimum absolute atomic E-state index is 0.111. The van der Waals surface area contributed by atoms with Gasteiger partial charge in [-0.05, 0) is 61.1 Å². The van der Waals surface area contributed by atoms with E-state index in [0.29, 0.717) is 0 Å². The van der Waals surface area contributed by atoms with Gasteiger partial charge in [-0.15, -0.1) is 0 Å². The maximum atomic E-state index is 12.7. The first kappa shape index (κ1) is 13.9. The summed E-state index contributed by atoms with van der Waals surface area (Å²) in [5, 5.41) is 0. The van der Waals surface area contributed by atoms with E-state index in [9.17, 15) is 4.79 Å². The van der Waals surface area contributed by atoms with Gasteiger partial charge in [0.25, 0.3) is 5.91 Å². The van der Waals surface area contributed by atoms with Gasteiger partial charge in [-0.25, -0.2) is 0 Å². The molecule has 1 unspecified atom stereocenters. The van der Waals surface area contributed by atoms with Crippen molar-refractivity contribution >= 4 is 5.91 Å². The van der Waals surface area contributed by atoms with Gasteiger partial charge in [0.05, 0.1) is 6.04 Å². The number of fused-ring (bicyclic) bond motifs is 1. The Morgan fingerprint density at radius 3 is 2.62 bits per heavy atom. The molecule has 2 aromatic carbocycles. The van der Waals surface area contributed by atoms with Gasteiger partial charge in [0.1, 0.15) is 0 Å². The lowest BCUT2D eigenvalue weighted by atomic mass is 10.0. The monoisotopic (exact) mass is 279 g/mol. The molecule has 21 heavy (non-hydrogen) atoms. The molecule has 0 heterocycles. The third-order valence-corrected chi connectivity index (χ3v) is 4.64. The minimum atomic E-state index is 0.111. The molecule has 2 aromatic rings. The van der Waals surface area contributed by atoms with E-state index in [0.717, 1.165) is 18.4 Å². The van der Waals surface area contributed by atoms with E-state index < -0.39 is 0 Å². The number of nitrogens with zero attached hydrogens (tertiary/aromatic N) is 1. The van der Waals surface area contributed by atoms with Gasteiger partial charge in [-0.3, -0.25) is 4.79 Å². The van der Waals surface area contributed by atoms with Crippen molar-refractivity contribution in [2.75, 3.05) is 7.05 Å². The zero-order valence-electron chi connectivity index (χ0n) is 12.9. The first-order valence-electron chi connectivity index (χ1n) is 7.50. The highest BCUT2D eigenvalue weighted by Gasteiger charge is 2.28. The zero-order chi connectivity index (χ0) is 15.0. The van der Waals surface area contributed by atoms with Crippen molar-refractivity contribution in [1.29, 1.82) is 0 Å². The normalized spacial score (nSPS) is 16.6. The standard InChI is InChI=1S/C19H21NO/c1-13-8-9-16(12-14(13)2)19(21)20(3)18-11-10-15-6-4-5-7-17(15)18/h4-9,12,18H,10-11H2,1-3H3. The maximum absolute atomic E-state index is 12.7. The Hall–Kier alpha value is -2.09. The molecule has 0 bridgehead atoms. The van der Waals surface area contributed by atoms with Crippen LogP contribution < -0.4 is 0 Å². The number of benzene rings is 2. The molecule has 0 saturated carbocycles. The molecule has 3 rings (SSSR count). The van der Waals surface area contributed by atoms with Gasteiger partial charge in [0.15, 0.2) is 0 Å². The van der Waals surface area contributed by atoms with Crippen LogP contribution in [0.25, 0.3) is 0 Å². The van der Waals surface area contributed by atoms with E-state index in [1.54, 1.807) is 0 Å². The lowest BCUT2D eigenvalue weighted by Crippen LogP contribution is -2.30. The molecule has 2 heteroatoms. The minimum Gasteiger partial charge on any atom is -0.335 e. The summed E-state index contributed by atoms with van der Waals surface area (Å²) in [5.74, 6) is 0.111. The van der Waals surface area contributed by atoms with Crippen LogP contribution in [-0.2, 0) is 6.42 Å². The predicted octanol–water partition coefficient (Wildman–Crippen LogP) is 4.06. The summed E-state index contributed by atoms with van der Waals surface area (Å²) in [6, 6.07) is 14.6. The summed E-state index contributed by atoms with van der Waals surface area (Å²) < 4.78 is 0. The number of hydrogen-bond donors (Lipinski definition) is 0. The summed E-state index contributed by atoms with van der Waals surface area (Å²) in [6.07, 6.45) is 2.08. The quantitative estimate of drug-likeness (QED) is 0.811. The van der Waals surface area contributed by atoms with E-state index in [-0.39, 0.29) is 11.9 Å². The summed E-state index contributed by atoms with van der Waals surface area (Å²) in [7, 11) is 1.92. The maximum Gasteiger partial charge on any atom is 0.254 e. The van der Waals surface area contributed by atoms with Crippen molar-refractivity contribution in [3.8, 4) is 0 Å². The van der Waals surface area contributed by atoms with Crippen LogP contribution >= 0.6 is 0 Å². The van der Waals surface area contributed by atoms with Crippen LogP contribution in [0.3, 0.4) is 0 Å². The Bertz CT molecular complexity index is 690. The molecule has 0 radical (unpaired) electrons. The highest BCUT2D eigenvalue weighted by atomic mass is 16.2. The van der Waals surface area contributed by atoms with Crippen LogP contribution in [0, 0.1) is 13.8 Å². The van der Waals surface area contributed by atoms with Crippen molar-refractivity contribution in [3.05, 3.63) is 70.3 Å². The number of amides is 1. The van der Waals surface area contributed by atoms with E-state index in [2.05, 4.69) is 38.1 Å². The second kappa shape index (κ2) is 5.36. The molecule has 1 aliphatic carbocycles. The molecule has 1 amide bonds. The van der Waals surface area contributed by atoms with Gasteiger partial charge in [-0.2, -0.15) is 0 Å². The number of carbonyl (C=O) groups is 1. The SMILES string of the molecule is Cc1ccc(C(=O)N(C)C2CCc3ccccc32)cc1C. The fourth-order valence-corrected chi connectivity index (χ4v) is 3.16. The molecular formula is C19H21NO. The number of aryl methyl sites for hydroxylation is 3. The zero-order valence-corrected chi connectivity index (χ0v) is 12.9. The molecule has 0 fully saturated rings. The van der Waals surface area contributed by atoms with Gasteiger partial charge in [0, 0.05) is 12.6 Å². The third-order valence-electron chi connectivity index (χ3n) is 4.64. The molecule has 2 nitrogen and oxygen atoms in total. The number of carbonyl (C=O) groups excluding carboxylic acids is 1. The van der Waals surface area contributed by atoms with Gasteiger partial charge in [0.2, 0.25) is 0 Å². The molecule has 0 N–H and O–H groups in total. The topological polar surface area (TPSA) is 20.3 Å². The van der Waals surface area contributed by atoms with Crippen molar-refractivity contribution in [2.45, 2.75) is 32.7 Å². The average molecular weight is 279 g/mol. The largest absolute Gasteiger partial charge is 0.335 e. The lowest BCUT2D eigenvalue weighted by Gasteiger charge is -2.26. The molecule has 0 saturated heterocycles. The molecule has 0 spiro atoms. The van der Waals surface area contributed by atoms with Crippen LogP contribution in [0.15, 0.2) is 42.5 Å². The molecular weight excluding hydrogens is 258 g/mol. The fourth-order valence-electron chi connectivity index (χ4n) is 3.16. The van der Waals surface area contributed by atoms with Crippen molar-refractivity contribution in [1.82, 2.24) is 4.90 Å². The van der Waals surface area contributed by atoms with E-state index in [1.807, 2.05) is 30.1 Å². The smallest absolute Gasteiger partial charge is 0.254 e. The Labute approximate surface area is 126 Å². The van der Waals surface area contributed by atoms with E-state index in [4.69, 9.17) is 0 Å². The molecule has 1 atom stereocenters. The summed E-state index contributed by atoms with van der Waals surface area (Å²) in [4.78, 5) is 14.6. The average Bonchev–Trinajstić information content (AvgIpc) is 2.92. The number of hydrogen-bond acceptors (Lipinski definition) is 1. The molecule has 0 aromatic heterocycles. The molecule has 0 aliphatic heterocycles. The number of rotatable bonds is 2. The van der Waals surface area contributed by atoms with E-state index >= 15 is 0 Å². The van der Waals surface area contributed by atoms with Crippen LogP contribution in [0.4, 0.5) is 0 Å². The second-order valence-corrected chi connectivity index (χ2v) is 5.97. The van der Waals surface area contributed by atoms with Crippen LogP contribution in [-0.4, -0.2) is 17.9 Å². The Balaban J connectivity index is 1.87. The van der Waals surface area contributed by atoms with Crippen LogP contribution in [0.1, 0.15) is 45.1 Å². The molecule has 1 aliphatic rings. The van der Waals surface area contributed by atoms with Crippen molar-refractivity contribution < 1.29 is 4.79 Å². The summed E-state index contributed by atoms with van der Waals surface area (Å²) in [5.41, 5.74) is 5.85. The van der Waals surface area contributed by atoms with Gasteiger partial charge >= 0.3 is 0 Å². The summed E-state index contributed by atoms with van der Waals surface area (Å²) in [6.45, 7) is 4.12. The van der Waals surface area contributed by atoms with Gasteiger partial charge in [-0.1, -0.05) is 30.3 Å². The first-order chi connectivity index (χ1) is 10.1. The third kappa shape index (κ3) is 2.46. The molecule has 108 valence electrons. The van der Waals surface area contributed by atoms with Gasteiger partial charge < -0.3 is 4.90 Å². The Morgan fingerprint density at radius 2 is 1.86 bits per heavy atom.